The number of carbonyl (C=O) groups excluding carboxylic acids is 2. The molecule has 0 unspecified atom stereocenters. The minimum Gasteiger partial charge on any atom is -0.462 e. The predicted octanol–water partition coefficient (Wildman–Crippen LogP) is 2.78. The van der Waals surface area contributed by atoms with Crippen LogP contribution in [0.3, 0.4) is 0 Å². The molecule has 0 amide bonds. The summed E-state index contributed by atoms with van der Waals surface area (Å²) in [6.07, 6.45) is 0. The van der Waals surface area contributed by atoms with E-state index in [1.165, 1.54) is 30.3 Å². The van der Waals surface area contributed by atoms with Gasteiger partial charge in [0.2, 0.25) is 0 Å². The maximum atomic E-state index is 12.6. The highest BCUT2D eigenvalue weighted by Crippen LogP contribution is 2.42. The van der Waals surface area contributed by atoms with Crippen molar-refractivity contribution in [2.24, 2.45) is 0 Å². The van der Waals surface area contributed by atoms with Crippen LogP contribution in [0.25, 0.3) is 11.1 Å². The van der Waals surface area contributed by atoms with Gasteiger partial charge in [0.1, 0.15) is 0 Å². The summed E-state index contributed by atoms with van der Waals surface area (Å²) in [6, 6.07) is 6.63. The van der Waals surface area contributed by atoms with Crippen molar-refractivity contribution in [2.75, 3.05) is 12.1 Å². The van der Waals surface area contributed by atoms with Crippen LogP contribution in [-0.4, -0.2) is 28.5 Å². The van der Waals surface area contributed by atoms with Gasteiger partial charge in [-0.2, -0.15) is 0 Å². The monoisotopic (exact) mass is 328 g/mol. The van der Waals surface area contributed by atoms with Gasteiger partial charge in [-0.05, 0) is 30.7 Å². The van der Waals surface area contributed by atoms with Crippen LogP contribution in [-0.2, 0) is 4.74 Å². The number of rotatable bonds is 4. The molecule has 0 fully saturated rings. The topological polar surface area (TPSA) is 119 Å². The van der Waals surface area contributed by atoms with Gasteiger partial charge >= 0.3 is 5.97 Å². The molecule has 0 aliphatic heterocycles. The van der Waals surface area contributed by atoms with Crippen LogP contribution >= 0.6 is 0 Å². The normalized spacial score (nSPS) is 11.7. The number of nitrogens with zero attached hydrogens (tertiary/aromatic N) is 1. The van der Waals surface area contributed by atoms with Crippen LogP contribution in [0.2, 0.25) is 0 Å². The summed E-state index contributed by atoms with van der Waals surface area (Å²) in [5.41, 5.74) is 3.02. The van der Waals surface area contributed by atoms with E-state index in [9.17, 15) is 19.7 Å². The van der Waals surface area contributed by atoms with Gasteiger partial charge in [0.25, 0.3) is 5.69 Å². The van der Waals surface area contributed by atoms with E-state index in [4.69, 9.17) is 9.94 Å². The van der Waals surface area contributed by atoms with Crippen LogP contribution in [0.4, 0.5) is 11.4 Å². The molecule has 24 heavy (non-hydrogen) atoms. The summed E-state index contributed by atoms with van der Waals surface area (Å²) in [4.78, 5) is 35.1. The highest BCUT2D eigenvalue weighted by Gasteiger charge is 2.33. The number of esters is 1. The summed E-state index contributed by atoms with van der Waals surface area (Å²) in [5, 5.41) is 20.0. The predicted molar refractivity (Wildman–Crippen MR) is 83.3 cm³/mol. The first-order chi connectivity index (χ1) is 11.5. The molecule has 2 aromatic carbocycles. The Labute approximate surface area is 135 Å². The molecule has 2 N–H and O–H groups in total. The average molecular weight is 328 g/mol. The summed E-state index contributed by atoms with van der Waals surface area (Å²) >= 11 is 0. The van der Waals surface area contributed by atoms with Crippen molar-refractivity contribution in [1.29, 1.82) is 0 Å². The van der Waals surface area contributed by atoms with Crippen LogP contribution in [0.5, 0.6) is 0 Å². The van der Waals surface area contributed by atoms with Crippen molar-refractivity contribution in [3.63, 3.8) is 0 Å². The average Bonchev–Trinajstić information content (AvgIpc) is 2.86. The molecule has 0 saturated carbocycles. The van der Waals surface area contributed by atoms with Gasteiger partial charge in [-0.15, -0.1) is 0 Å². The van der Waals surface area contributed by atoms with Gasteiger partial charge in [-0.1, -0.05) is 0 Å². The third kappa shape index (κ3) is 2.29. The number of fused-ring (bicyclic) bond motifs is 3. The molecular formula is C16H12N2O6. The highest BCUT2D eigenvalue weighted by molar-refractivity contribution is 6.25. The molecule has 2 aromatic rings. The van der Waals surface area contributed by atoms with E-state index in [-0.39, 0.29) is 34.7 Å². The van der Waals surface area contributed by atoms with Crippen LogP contribution in [0.1, 0.15) is 33.2 Å². The molecule has 0 spiro atoms. The van der Waals surface area contributed by atoms with Crippen LogP contribution < -0.4 is 5.48 Å². The number of non-ortho nitro benzene ring substituents is 1. The molecule has 0 saturated heterocycles. The quantitative estimate of drug-likeness (QED) is 0.429. The zero-order valence-corrected chi connectivity index (χ0v) is 12.5. The Bertz CT molecular complexity index is 890. The summed E-state index contributed by atoms with van der Waals surface area (Å²) in [5.74, 6) is -1.10. The second-order valence-electron chi connectivity index (χ2n) is 5.09. The Morgan fingerprint density at radius 3 is 2.62 bits per heavy atom. The lowest BCUT2D eigenvalue weighted by Gasteiger charge is -2.10. The first-order valence-corrected chi connectivity index (χ1v) is 7.06. The molecule has 0 bridgehead atoms. The van der Waals surface area contributed by atoms with Gasteiger partial charge < -0.3 is 4.74 Å². The Morgan fingerprint density at radius 1 is 1.25 bits per heavy atom. The van der Waals surface area contributed by atoms with Crippen molar-refractivity contribution in [2.45, 2.75) is 6.92 Å². The summed E-state index contributed by atoms with van der Waals surface area (Å²) in [6.45, 7) is 1.79. The molecule has 0 atom stereocenters. The number of anilines is 1. The Morgan fingerprint density at radius 2 is 2.00 bits per heavy atom. The third-order valence-electron chi connectivity index (χ3n) is 3.74. The van der Waals surface area contributed by atoms with E-state index in [0.29, 0.717) is 11.1 Å². The van der Waals surface area contributed by atoms with E-state index in [1.54, 1.807) is 6.92 Å². The van der Waals surface area contributed by atoms with E-state index in [0.717, 1.165) is 0 Å². The molecule has 0 aromatic heterocycles. The first-order valence-electron chi connectivity index (χ1n) is 7.06. The lowest BCUT2D eigenvalue weighted by Crippen LogP contribution is -2.08. The number of nitro benzene ring substituents is 1. The highest BCUT2D eigenvalue weighted by atomic mass is 16.6. The van der Waals surface area contributed by atoms with Crippen LogP contribution in [0, 0.1) is 10.1 Å². The second kappa shape index (κ2) is 5.74. The minimum atomic E-state index is -0.648. The van der Waals surface area contributed by atoms with Gasteiger partial charge in [-0.3, -0.25) is 25.6 Å². The summed E-state index contributed by atoms with van der Waals surface area (Å²) in [7, 11) is 0. The van der Waals surface area contributed by atoms with Crippen molar-refractivity contribution < 1.29 is 24.5 Å². The molecule has 3 rings (SSSR count). The maximum Gasteiger partial charge on any atom is 0.338 e. The van der Waals surface area contributed by atoms with E-state index < -0.39 is 16.7 Å². The lowest BCUT2D eigenvalue weighted by atomic mass is 9.98. The van der Waals surface area contributed by atoms with E-state index in [2.05, 4.69) is 0 Å². The first kappa shape index (κ1) is 15.6. The second-order valence-corrected chi connectivity index (χ2v) is 5.09. The molecule has 1 aliphatic rings. The lowest BCUT2D eigenvalue weighted by molar-refractivity contribution is -0.384. The number of ketones is 1. The smallest absolute Gasteiger partial charge is 0.338 e. The van der Waals surface area contributed by atoms with Crippen molar-refractivity contribution >= 4 is 23.1 Å². The van der Waals surface area contributed by atoms with Gasteiger partial charge in [0.05, 0.1) is 22.8 Å². The zero-order valence-electron chi connectivity index (χ0n) is 12.5. The Kier molecular flexibility index (Phi) is 3.74. The van der Waals surface area contributed by atoms with Crippen molar-refractivity contribution in [3.05, 3.63) is 57.1 Å². The number of hydrogen-bond acceptors (Lipinski definition) is 7. The molecular weight excluding hydrogens is 316 g/mol. The summed E-state index contributed by atoms with van der Waals surface area (Å²) < 4.78 is 5.00. The SMILES string of the molecule is CCOC(=O)c1cc(NO)cc2c1-c1ccc([N+](=O)[O-])cc1C2=O. The zero-order chi connectivity index (χ0) is 17.4. The third-order valence-corrected chi connectivity index (χ3v) is 3.74. The van der Waals surface area contributed by atoms with Gasteiger partial charge in [0, 0.05) is 28.8 Å². The molecule has 8 nitrogen and oxygen atoms in total. The molecule has 1 aliphatic carbocycles. The standard InChI is InChI=1S/C16H12N2O6/c1-2-24-16(20)13-6-8(17-21)5-12-14(13)10-4-3-9(18(22)23)7-11(10)15(12)19/h3-7,17,21H,2H2,1H3. The fourth-order valence-corrected chi connectivity index (χ4v) is 2.74. The number of nitro groups is 1. The molecule has 0 radical (unpaired) electrons. The van der Waals surface area contributed by atoms with Crippen molar-refractivity contribution in [1.82, 2.24) is 0 Å². The van der Waals surface area contributed by atoms with Gasteiger partial charge in [-0.25, -0.2) is 4.79 Å². The number of nitrogens with one attached hydrogen (secondary N) is 1. The molecule has 122 valence electrons. The Hall–Kier alpha value is -3.26. The number of benzene rings is 2. The molecule has 8 heteroatoms. The molecule has 0 heterocycles. The van der Waals surface area contributed by atoms with Gasteiger partial charge in [0.15, 0.2) is 5.78 Å². The van der Waals surface area contributed by atoms with Crippen LogP contribution in [0.15, 0.2) is 30.3 Å². The van der Waals surface area contributed by atoms with Crippen molar-refractivity contribution in [3.8, 4) is 11.1 Å². The minimum absolute atomic E-state index is 0.104. The fraction of sp³-hybridized carbons (Fsp3) is 0.125. The van der Waals surface area contributed by atoms with E-state index in [1.807, 2.05) is 5.48 Å². The fourth-order valence-electron chi connectivity index (χ4n) is 2.74. The number of hydrogen-bond donors (Lipinski definition) is 2. The largest absolute Gasteiger partial charge is 0.462 e. The number of ether oxygens (including phenoxy) is 1. The van der Waals surface area contributed by atoms with E-state index >= 15 is 0 Å². The maximum absolute atomic E-state index is 12.6. The number of carbonyl (C=O) groups is 2. The Balaban J connectivity index is 2.26.